The van der Waals surface area contributed by atoms with Crippen LogP contribution in [0.4, 0.5) is 9.18 Å². The smallest absolute Gasteiger partial charge is 0.374 e. The summed E-state index contributed by atoms with van der Waals surface area (Å²) in [4.78, 5) is 21.8. The molecule has 0 radical (unpaired) electrons. The second kappa shape index (κ2) is 7.12. The number of piperazine rings is 1. The zero-order valence-corrected chi connectivity index (χ0v) is 13.9. The third-order valence-corrected chi connectivity index (χ3v) is 4.23. The second-order valence-electron chi connectivity index (χ2n) is 6.07. The van der Waals surface area contributed by atoms with E-state index in [4.69, 9.17) is 10.5 Å². The van der Waals surface area contributed by atoms with Gasteiger partial charge in [-0.15, -0.1) is 0 Å². The molecule has 3 rings (SSSR count). The van der Waals surface area contributed by atoms with Gasteiger partial charge in [-0.05, 0) is 24.6 Å². The van der Waals surface area contributed by atoms with Gasteiger partial charge in [0, 0.05) is 44.1 Å². The Hall–Kier alpha value is -2.58. The predicted molar refractivity (Wildman–Crippen MR) is 89.5 cm³/mol. The Morgan fingerprint density at radius 1 is 1.20 bits per heavy atom. The summed E-state index contributed by atoms with van der Waals surface area (Å²) in [5.41, 5.74) is 6.81. The van der Waals surface area contributed by atoms with Crippen molar-refractivity contribution in [2.45, 2.75) is 12.5 Å². The van der Waals surface area contributed by atoms with E-state index in [-0.39, 0.29) is 11.8 Å². The predicted octanol–water partition coefficient (Wildman–Crippen LogP) is 1.24. The quantitative estimate of drug-likeness (QED) is 0.869. The number of nitrogens with two attached hydrogens (primary N) is 1. The lowest BCUT2D eigenvalue weighted by molar-refractivity contribution is 0.142. The topological polar surface area (TPSA) is 93.4 Å². The maximum absolute atomic E-state index is 13.1. The number of ether oxygens (including phenoxy) is 1. The Balaban J connectivity index is 1.70. The highest BCUT2D eigenvalue weighted by molar-refractivity contribution is 5.69. The highest BCUT2D eigenvalue weighted by atomic mass is 19.1. The average molecular weight is 345 g/mol. The summed E-state index contributed by atoms with van der Waals surface area (Å²) < 4.78 is 18.3. The van der Waals surface area contributed by atoms with Gasteiger partial charge in [0.05, 0.1) is 5.54 Å². The van der Waals surface area contributed by atoms with Gasteiger partial charge in [0.25, 0.3) is 0 Å². The first-order valence-electron chi connectivity index (χ1n) is 8.02. The minimum Gasteiger partial charge on any atom is -0.374 e. The van der Waals surface area contributed by atoms with E-state index in [0.717, 1.165) is 18.7 Å². The highest BCUT2D eigenvalue weighted by Crippen LogP contribution is 2.26. The van der Waals surface area contributed by atoms with Crippen LogP contribution in [0.2, 0.25) is 0 Å². The van der Waals surface area contributed by atoms with Crippen molar-refractivity contribution >= 4 is 6.09 Å². The van der Waals surface area contributed by atoms with E-state index in [0.29, 0.717) is 18.7 Å². The molecule has 0 spiro atoms. The summed E-state index contributed by atoms with van der Waals surface area (Å²) in [7, 11) is 0. The van der Waals surface area contributed by atoms with Crippen LogP contribution in [-0.4, -0.2) is 47.1 Å². The van der Waals surface area contributed by atoms with Crippen molar-refractivity contribution in [3.63, 3.8) is 0 Å². The molecular weight excluding hydrogens is 325 g/mol. The number of carbonyl (C=O) groups is 1. The summed E-state index contributed by atoms with van der Waals surface area (Å²) in [5.74, 6) is -0.328. The second-order valence-corrected chi connectivity index (χ2v) is 6.07. The molecule has 1 fully saturated rings. The molecule has 25 heavy (non-hydrogen) atoms. The molecule has 0 bridgehead atoms. The fraction of sp³-hybridized carbons (Fsp3) is 0.353. The molecule has 2 heterocycles. The van der Waals surface area contributed by atoms with Crippen molar-refractivity contribution in [2.75, 3.05) is 26.2 Å². The average Bonchev–Trinajstić information content (AvgIpc) is 2.63. The third kappa shape index (κ3) is 3.92. The monoisotopic (exact) mass is 345 g/mol. The first-order chi connectivity index (χ1) is 12.0. The maximum atomic E-state index is 13.1. The minimum atomic E-state index is -0.894. The molecule has 1 aliphatic heterocycles. The van der Waals surface area contributed by atoms with E-state index in [1.54, 1.807) is 24.0 Å². The van der Waals surface area contributed by atoms with Gasteiger partial charge in [0.2, 0.25) is 0 Å². The molecule has 1 amide bonds. The number of benzene rings is 1. The number of hydrogen-bond donors (Lipinski definition) is 2. The standard InChI is InChI=1S/C17H20FN5O2/c1-17(19,12-2-4-14(18)5-3-12)13-10-21-15(22-11-13)25-16(24)23-8-6-20-7-9-23/h2-5,10-11,20H,6-9,19H2,1H3/t17-/m0/s1. The minimum absolute atomic E-state index is 0.0258. The van der Waals surface area contributed by atoms with Crippen LogP contribution in [0.5, 0.6) is 6.01 Å². The van der Waals surface area contributed by atoms with Crippen molar-refractivity contribution < 1.29 is 13.9 Å². The van der Waals surface area contributed by atoms with Gasteiger partial charge < -0.3 is 20.7 Å². The Labute approximate surface area is 145 Å². The van der Waals surface area contributed by atoms with Gasteiger partial charge in [-0.2, -0.15) is 0 Å². The van der Waals surface area contributed by atoms with Gasteiger partial charge in [-0.25, -0.2) is 19.2 Å². The fourth-order valence-corrected chi connectivity index (χ4v) is 2.59. The largest absolute Gasteiger partial charge is 0.417 e. The molecule has 2 aromatic rings. The fourth-order valence-electron chi connectivity index (χ4n) is 2.59. The number of amides is 1. The number of nitrogens with one attached hydrogen (secondary N) is 1. The zero-order valence-electron chi connectivity index (χ0n) is 13.9. The van der Waals surface area contributed by atoms with Crippen LogP contribution in [-0.2, 0) is 5.54 Å². The van der Waals surface area contributed by atoms with Crippen molar-refractivity contribution in [2.24, 2.45) is 5.73 Å². The maximum Gasteiger partial charge on any atom is 0.417 e. The Morgan fingerprint density at radius 3 is 2.40 bits per heavy atom. The SMILES string of the molecule is C[C@](N)(c1ccc(F)cc1)c1cnc(OC(=O)N2CCNCC2)nc1. The number of hydrogen-bond acceptors (Lipinski definition) is 6. The molecular formula is C17H20FN5O2. The molecule has 1 atom stereocenters. The normalized spacial score (nSPS) is 17.0. The van der Waals surface area contributed by atoms with E-state index in [9.17, 15) is 9.18 Å². The van der Waals surface area contributed by atoms with Crippen molar-refractivity contribution in [1.29, 1.82) is 0 Å². The number of halogens is 1. The van der Waals surface area contributed by atoms with Crippen LogP contribution in [0.3, 0.4) is 0 Å². The van der Waals surface area contributed by atoms with Crippen molar-refractivity contribution in [1.82, 2.24) is 20.2 Å². The molecule has 8 heteroatoms. The lowest BCUT2D eigenvalue weighted by Crippen LogP contribution is -2.47. The molecule has 7 nitrogen and oxygen atoms in total. The lowest BCUT2D eigenvalue weighted by atomic mass is 9.87. The van der Waals surface area contributed by atoms with Gasteiger partial charge >= 0.3 is 12.1 Å². The van der Waals surface area contributed by atoms with Crippen LogP contribution in [0, 0.1) is 5.82 Å². The molecule has 1 aliphatic rings. The molecule has 1 aromatic heterocycles. The first kappa shape index (κ1) is 17.2. The summed E-state index contributed by atoms with van der Waals surface area (Å²) in [6.45, 7) is 4.42. The number of nitrogens with zero attached hydrogens (tertiary/aromatic N) is 3. The van der Waals surface area contributed by atoms with Crippen molar-refractivity contribution in [3.05, 3.63) is 53.6 Å². The summed E-state index contributed by atoms with van der Waals surface area (Å²) in [5, 5.41) is 3.16. The number of rotatable bonds is 3. The van der Waals surface area contributed by atoms with E-state index in [1.165, 1.54) is 24.5 Å². The summed E-state index contributed by atoms with van der Waals surface area (Å²) >= 11 is 0. The first-order valence-corrected chi connectivity index (χ1v) is 8.02. The van der Waals surface area contributed by atoms with Gasteiger partial charge in [-0.3, -0.25) is 0 Å². The van der Waals surface area contributed by atoms with E-state index < -0.39 is 11.6 Å². The van der Waals surface area contributed by atoms with Gasteiger partial charge in [0.15, 0.2) is 0 Å². The van der Waals surface area contributed by atoms with E-state index >= 15 is 0 Å². The molecule has 0 aliphatic carbocycles. The zero-order chi connectivity index (χ0) is 17.9. The summed E-state index contributed by atoms with van der Waals surface area (Å²) in [6.07, 6.45) is 2.55. The molecule has 0 unspecified atom stereocenters. The number of carbonyl (C=O) groups excluding carboxylic acids is 1. The van der Waals surface area contributed by atoms with Crippen LogP contribution in [0.15, 0.2) is 36.7 Å². The molecule has 132 valence electrons. The lowest BCUT2D eigenvalue weighted by Gasteiger charge is -2.26. The highest BCUT2D eigenvalue weighted by Gasteiger charge is 2.25. The summed E-state index contributed by atoms with van der Waals surface area (Å²) in [6, 6.07) is 5.92. The molecule has 1 aromatic carbocycles. The van der Waals surface area contributed by atoms with Crippen LogP contribution >= 0.6 is 0 Å². The van der Waals surface area contributed by atoms with Crippen molar-refractivity contribution in [3.8, 4) is 6.01 Å². The molecule has 1 saturated heterocycles. The number of aromatic nitrogens is 2. The van der Waals surface area contributed by atoms with E-state index in [1.807, 2.05) is 0 Å². The Kier molecular flexibility index (Phi) is 4.91. The van der Waals surface area contributed by atoms with Crippen LogP contribution in [0.25, 0.3) is 0 Å². The van der Waals surface area contributed by atoms with Gasteiger partial charge in [-0.1, -0.05) is 12.1 Å². The van der Waals surface area contributed by atoms with Crippen LogP contribution < -0.4 is 15.8 Å². The van der Waals surface area contributed by atoms with Gasteiger partial charge in [0.1, 0.15) is 5.82 Å². The molecule has 3 N–H and O–H groups in total. The Bertz CT molecular complexity index is 728. The van der Waals surface area contributed by atoms with Crippen LogP contribution in [0.1, 0.15) is 18.1 Å². The van der Waals surface area contributed by atoms with E-state index in [2.05, 4.69) is 15.3 Å². The third-order valence-electron chi connectivity index (χ3n) is 4.23. The Morgan fingerprint density at radius 2 is 1.80 bits per heavy atom. The molecule has 0 saturated carbocycles.